The van der Waals surface area contributed by atoms with Crippen LogP contribution in [0.15, 0.2) is 24.3 Å². The molecular formula is C18H19F2NO2. The van der Waals surface area contributed by atoms with Gasteiger partial charge in [-0.3, -0.25) is 4.79 Å². The summed E-state index contributed by atoms with van der Waals surface area (Å²) in [5, 5.41) is 0. The molecule has 1 unspecified atom stereocenters. The van der Waals surface area contributed by atoms with Gasteiger partial charge in [0.1, 0.15) is 12.4 Å². The molecule has 1 aromatic carbocycles. The number of allylic oxidation sites excluding steroid dienone is 1. The molecule has 2 rings (SSSR count). The number of aryl methyl sites for hydroxylation is 1. The van der Waals surface area contributed by atoms with Crippen LogP contribution in [0.1, 0.15) is 24.5 Å². The molecule has 0 fully saturated rings. The predicted molar refractivity (Wildman–Crippen MR) is 85.0 cm³/mol. The molecule has 0 N–H and O–H groups in total. The molecule has 1 aliphatic heterocycles. The summed E-state index contributed by atoms with van der Waals surface area (Å²) >= 11 is 0. The van der Waals surface area contributed by atoms with Crippen molar-refractivity contribution in [2.75, 3.05) is 13.2 Å². The second-order valence-electron chi connectivity index (χ2n) is 5.54. The highest BCUT2D eigenvalue weighted by Gasteiger charge is 2.30. The third kappa shape index (κ3) is 3.89. The van der Waals surface area contributed by atoms with Crippen molar-refractivity contribution in [3.05, 3.63) is 35.4 Å². The molecule has 0 aromatic heterocycles. The Morgan fingerprint density at radius 3 is 2.83 bits per heavy atom. The van der Waals surface area contributed by atoms with E-state index in [1.54, 1.807) is 25.1 Å². The summed E-state index contributed by atoms with van der Waals surface area (Å²) in [4.78, 5) is 13.5. The Morgan fingerprint density at radius 1 is 1.48 bits per heavy atom. The van der Waals surface area contributed by atoms with Crippen LogP contribution in [0.25, 0.3) is 5.70 Å². The summed E-state index contributed by atoms with van der Waals surface area (Å²) in [5.74, 6) is 2.44. The molecule has 122 valence electrons. The van der Waals surface area contributed by atoms with Gasteiger partial charge in [-0.25, -0.2) is 8.78 Å². The van der Waals surface area contributed by atoms with Crippen molar-refractivity contribution in [2.45, 2.75) is 26.7 Å². The zero-order valence-electron chi connectivity index (χ0n) is 13.2. The van der Waals surface area contributed by atoms with E-state index in [4.69, 9.17) is 11.2 Å². The van der Waals surface area contributed by atoms with Crippen molar-refractivity contribution in [1.82, 2.24) is 4.90 Å². The van der Waals surface area contributed by atoms with Crippen LogP contribution in [0.3, 0.4) is 0 Å². The van der Waals surface area contributed by atoms with Gasteiger partial charge in [-0.15, -0.1) is 6.42 Å². The van der Waals surface area contributed by atoms with Crippen LogP contribution in [-0.4, -0.2) is 30.4 Å². The SMILES string of the molecule is C#CCOc1ccc(C2=CCC(C)C(=O)N2CC(F)F)c(C)c1. The first kappa shape index (κ1) is 17.0. The van der Waals surface area contributed by atoms with Crippen molar-refractivity contribution in [2.24, 2.45) is 5.92 Å². The number of alkyl halides is 2. The Kier molecular flexibility index (Phi) is 5.38. The molecule has 0 saturated carbocycles. The second kappa shape index (κ2) is 7.28. The zero-order chi connectivity index (χ0) is 17.0. The number of hydrogen-bond donors (Lipinski definition) is 0. The van der Waals surface area contributed by atoms with Gasteiger partial charge < -0.3 is 9.64 Å². The molecule has 3 nitrogen and oxygen atoms in total. The number of carbonyl (C=O) groups is 1. The molecule has 1 aromatic rings. The maximum absolute atomic E-state index is 12.9. The minimum atomic E-state index is -2.58. The molecule has 5 heteroatoms. The van der Waals surface area contributed by atoms with E-state index in [1.165, 1.54) is 4.90 Å². The van der Waals surface area contributed by atoms with Gasteiger partial charge in [0.2, 0.25) is 5.91 Å². The van der Waals surface area contributed by atoms with Gasteiger partial charge in [-0.1, -0.05) is 18.9 Å². The monoisotopic (exact) mass is 319 g/mol. The smallest absolute Gasteiger partial charge is 0.256 e. The lowest BCUT2D eigenvalue weighted by Crippen LogP contribution is -2.39. The molecule has 1 heterocycles. The van der Waals surface area contributed by atoms with E-state index in [0.717, 1.165) is 11.1 Å². The van der Waals surface area contributed by atoms with Crippen LogP contribution in [0, 0.1) is 25.2 Å². The average molecular weight is 319 g/mol. The highest BCUT2D eigenvalue weighted by Crippen LogP contribution is 2.32. The van der Waals surface area contributed by atoms with Crippen LogP contribution in [0.4, 0.5) is 8.78 Å². The minimum absolute atomic E-state index is 0.162. The van der Waals surface area contributed by atoms with E-state index in [1.807, 2.05) is 13.0 Å². The minimum Gasteiger partial charge on any atom is -0.481 e. The Balaban J connectivity index is 2.34. The van der Waals surface area contributed by atoms with E-state index < -0.39 is 13.0 Å². The van der Waals surface area contributed by atoms with E-state index in [-0.39, 0.29) is 18.4 Å². The zero-order valence-corrected chi connectivity index (χ0v) is 13.2. The molecule has 0 radical (unpaired) electrons. The van der Waals surface area contributed by atoms with Crippen molar-refractivity contribution < 1.29 is 18.3 Å². The molecule has 0 aliphatic carbocycles. The summed E-state index contributed by atoms with van der Waals surface area (Å²) in [7, 11) is 0. The molecule has 0 spiro atoms. The largest absolute Gasteiger partial charge is 0.481 e. The fourth-order valence-corrected chi connectivity index (χ4v) is 2.60. The summed E-state index contributed by atoms with van der Waals surface area (Å²) in [6, 6.07) is 5.29. The lowest BCUT2D eigenvalue weighted by atomic mass is 9.95. The standard InChI is InChI=1S/C18H19F2NO2/c1-4-9-23-14-6-7-15(13(3)10-14)16-8-5-12(2)18(22)21(16)11-17(19)20/h1,6-8,10,12,17H,5,9,11H2,2-3H3. The number of ether oxygens (including phenoxy) is 1. The fraction of sp³-hybridized carbons (Fsp3) is 0.389. The number of halogens is 2. The third-order valence-electron chi connectivity index (χ3n) is 3.76. The van der Waals surface area contributed by atoms with Gasteiger partial charge in [0.05, 0.1) is 6.54 Å². The number of terminal acetylenes is 1. The van der Waals surface area contributed by atoms with Gasteiger partial charge in [0, 0.05) is 17.2 Å². The summed E-state index contributed by atoms with van der Waals surface area (Å²) in [6.45, 7) is 3.17. The molecule has 23 heavy (non-hydrogen) atoms. The summed E-state index contributed by atoms with van der Waals surface area (Å²) in [5.41, 5.74) is 2.13. The molecule has 1 aliphatic rings. The first-order chi connectivity index (χ1) is 10.9. The lowest BCUT2D eigenvalue weighted by Gasteiger charge is -2.32. The number of rotatable bonds is 5. The molecule has 0 saturated heterocycles. The van der Waals surface area contributed by atoms with Gasteiger partial charge in [0.15, 0.2) is 0 Å². The Bertz CT molecular complexity index is 661. The first-order valence-electron chi connectivity index (χ1n) is 7.41. The lowest BCUT2D eigenvalue weighted by molar-refractivity contribution is -0.133. The van der Waals surface area contributed by atoms with Crippen LogP contribution >= 0.6 is 0 Å². The summed E-state index contributed by atoms with van der Waals surface area (Å²) in [6.07, 6.45) is 4.97. The van der Waals surface area contributed by atoms with Crippen LogP contribution in [0.5, 0.6) is 5.75 Å². The number of carbonyl (C=O) groups excluding carboxylic acids is 1. The fourth-order valence-electron chi connectivity index (χ4n) is 2.60. The number of benzene rings is 1. The van der Waals surface area contributed by atoms with Crippen LogP contribution in [-0.2, 0) is 4.79 Å². The Morgan fingerprint density at radius 2 is 2.22 bits per heavy atom. The average Bonchev–Trinajstić information content (AvgIpc) is 2.50. The van der Waals surface area contributed by atoms with Crippen LogP contribution in [0.2, 0.25) is 0 Å². The number of nitrogens with zero attached hydrogens (tertiary/aromatic N) is 1. The number of hydrogen-bond acceptors (Lipinski definition) is 2. The number of amides is 1. The van der Waals surface area contributed by atoms with Crippen molar-refractivity contribution >= 4 is 11.6 Å². The van der Waals surface area contributed by atoms with Gasteiger partial charge in [0.25, 0.3) is 6.43 Å². The molecule has 0 bridgehead atoms. The van der Waals surface area contributed by atoms with E-state index in [9.17, 15) is 13.6 Å². The topological polar surface area (TPSA) is 29.5 Å². The van der Waals surface area contributed by atoms with Crippen molar-refractivity contribution in [1.29, 1.82) is 0 Å². The highest BCUT2D eigenvalue weighted by atomic mass is 19.3. The highest BCUT2D eigenvalue weighted by molar-refractivity contribution is 5.91. The maximum Gasteiger partial charge on any atom is 0.256 e. The van der Waals surface area contributed by atoms with E-state index in [0.29, 0.717) is 17.9 Å². The Labute approximate surface area is 134 Å². The predicted octanol–water partition coefficient (Wildman–Crippen LogP) is 3.48. The van der Waals surface area contributed by atoms with Gasteiger partial charge in [-0.2, -0.15) is 0 Å². The van der Waals surface area contributed by atoms with E-state index in [2.05, 4.69) is 5.92 Å². The van der Waals surface area contributed by atoms with Gasteiger partial charge in [-0.05, 0) is 37.1 Å². The first-order valence-corrected chi connectivity index (χ1v) is 7.41. The molecule has 1 amide bonds. The summed E-state index contributed by atoms with van der Waals surface area (Å²) < 4.78 is 31.1. The molecular weight excluding hydrogens is 300 g/mol. The second-order valence-corrected chi connectivity index (χ2v) is 5.54. The maximum atomic E-state index is 12.9. The van der Waals surface area contributed by atoms with Crippen LogP contribution < -0.4 is 4.74 Å². The van der Waals surface area contributed by atoms with Gasteiger partial charge >= 0.3 is 0 Å². The van der Waals surface area contributed by atoms with Crippen molar-refractivity contribution in [3.8, 4) is 18.1 Å². The Hall–Kier alpha value is -2.35. The molecule has 1 atom stereocenters. The third-order valence-corrected chi connectivity index (χ3v) is 3.76. The van der Waals surface area contributed by atoms with Crippen molar-refractivity contribution in [3.63, 3.8) is 0 Å². The van der Waals surface area contributed by atoms with E-state index >= 15 is 0 Å². The normalized spacial score (nSPS) is 17.9. The quantitative estimate of drug-likeness (QED) is 0.778.